The molecule has 0 aliphatic rings. The van der Waals surface area contributed by atoms with E-state index >= 15 is 0 Å². The summed E-state index contributed by atoms with van der Waals surface area (Å²) in [6, 6.07) is 8.14. The zero-order valence-electron chi connectivity index (χ0n) is 9.33. The molecule has 0 saturated heterocycles. The van der Waals surface area contributed by atoms with Crippen molar-refractivity contribution in [3.05, 3.63) is 44.2 Å². The molecule has 0 aliphatic heterocycles. The van der Waals surface area contributed by atoms with Gasteiger partial charge in [0, 0.05) is 3.57 Å². The minimum absolute atomic E-state index is 0.196. The molecule has 0 bridgehead atoms. The van der Waals surface area contributed by atoms with Crippen molar-refractivity contribution < 1.29 is 18.3 Å². The molecule has 2 N–H and O–H groups in total. The van der Waals surface area contributed by atoms with Gasteiger partial charge in [0.15, 0.2) is 0 Å². The number of nitrogens with one attached hydrogen (secondary N) is 1. The second kappa shape index (κ2) is 5.47. The largest absolute Gasteiger partial charge is 0.477 e. The summed E-state index contributed by atoms with van der Waals surface area (Å²) in [5, 5.41) is 10.4. The normalized spacial score (nSPS) is 11.2. The molecule has 0 radical (unpaired) electrons. The van der Waals surface area contributed by atoms with E-state index < -0.39 is 16.0 Å². The molecule has 2 rings (SSSR count). The predicted molar refractivity (Wildman–Crippen MR) is 81.2 cm³/mol. The highest BCUT2D eigenvalue weighted by atomic mass is 127. The summed E-state index contributed by atoms with van der Waals surface area (Å²) in [6.07, 6.45) is 0. The fourth-order valence-corrected chi connectivity index (χ4v) is 4.45. The highest BCUT2D eigenvalue weighted by molar-refractivity contribution is 14.1. The van der Waals surface area contributed by atoms with Gasteiger partial charge >= 0.3 is 5.97 Å². The minimum Gasteiger partial charge on any atom is -0.477 e. The SMILES string of the molecule is O=C(O)c1sccc1S(=O)(=O)Nc1ccccc1I. The maximum atomic E-state index is 12.2. The first kappa shape index (κ1) is 14.3. The molecule has 0 aliphatic carbocycles. The Kier molecular flexibility index (Phi) is 4.11. The highest BCUT2D eigenvalue weighted by Crippen LogP contribution is 2.26. The lowest BCUT2D eigenvalue weighted by molar-refractivity contribution is 0.0698. The molecule has 1 heterocycles. The van der Waals surface area contributed by atoms with Crippen LogP contribution in [0.2, 0.25) is 0 Å². The van der Waals surface area contributed by atoms with Gasteiger partial charge in [0.2, 0.25) is 0 Å². The van der Waals surface area contributed by atoms with Crippen LogP contribution < -0.4 is 4.72 Å². The maximum Gasteiger partial charge on any atom is 0.347 e. The second-order valence-corrected chi connectivity index (χ2v) is 7.23. The molecule has 2 aromatic rings. The van der Waals surface area contributed by atoms with Crippen molar-refractivity contribution in [3.8, 4) is 0 Å². The Balaban J connectivity index is 2.41. The third-order valence-corrected chi connectivity index (χ3v) is 5.61. The average molecular weight is 409 g/mol. The maximum absolute atomic E-state index is 12.2. The first-order valence-electron chi connectivity index (χ1n) is 5.00. The summed E-state index contributed by atoms with van der Waals surface area (Å²) in [6.45, 7) is 0. The number of hydrogen-bond donors (Lipinski definition) is 2. The molecule has 0 saturated carbocycles. The Labute approximate surface area is 127 Å². The van der Waals surface area contributed by atoms with Crippen LogP contribution in [0.25, 0.3) is 0 Å². The predicted octanol–water partition coefficient (Wildman–Crippen LogP) is 2.85. The minimum atomic E-state index is -3.89. The fraction of sp³-hybridized carbons (Fsp3) is 0. The number of carboxylic acid groups (broad SMARTS) is 1. The van der Waals surface area contributed by atoms with Gasteiger partial charge in [0.05, 0.1) is 5.69 Å². The Morgan fingerprint density at radius 2 is 1.95 bits per heavy atom. The Morgan fingerprint density at radius 1 is 1.26 bits per heavy atom. The molecule has 0 fully saturated rings. The average Bonchev–Trinajstić information content (AvgIpc) is 2.82. The summed E-state index contributed by atoms with van der Waals surface area (Å²) < 4.78 is 27.5. The van der Waals surface area contributed by atoms with E-state index in [1.54, 1.807) is 24.3 Å². The monoisotopic (exact) mass is 409 g/mol. The smallest absolute Gasteiger partial charge is 0.347 e. The van der Waals surface area contributed by atoms with E-state index in [2.05, 4.69) is 4.72 Å². The van der Waals surface area contributed by atoms with Crippen LogP contribution >= 0.6 is 33.9 Å². The molecule has 19 heavy (non-hydrogen) atoms. The molecule has 0 amide bonds. The number of rotatable bonds is 4. The Hall–Kier alpha value is -1.13. The van der Waals surface area contributed by atoms with E-state index in [-0.39, 0.29) is 9.77 Å². The van der Waals surface area contributed by atoms with E-state index in [9.17, 15) is 13.2 Å². The van der Waals surface area contributed by atoms with Crippen LogP contribution in [0.1, 0.15) is 9.67 Å². The number of sulfonamides is 1. The number of carboxylic acids is 1. The number of para-hydroxylation sites is 1. The summed E-state index contributed by atoms with van der Waals surface area (Å²) >= 11 is 2.88. The molecule has 0 unspecified atom stereocenters. The number of aromatic carboxylic acids is 1. The van der Waals surface area contributed by atoms with E-state index in [0.29, 0.717) is 5.69 Å². The van der Waals surface area contributed by atoms with Crippen LogP contribution in [0.15, 0.2) is 40.6 Å². The molecule has 0 atom stereocenters. The van der Waals surface area contributed by atoms with Gasteiger partial charge in [-0.15, -0.1) is 11.3 Å². The highest BCUT2D eigenvalue weighted by Gasteiger charge is 2.24. The summed E-state index contributed by atoms with van der Waals surface area (Å²) in [4.78, 5) is 10.6. The van der Waals surface area contributed by atoms with E-state index in [4.69, 9.17) is 5.11 Å². The molecule has 8 heteroatoms. The number of halogens is 1. The zero-order chi connectivity index (χ0) is 14.0. The van der Waals surface area contributed by atoms with Crippen molar-refractivity contribution in [2.75, 3.05) is 4.72 Å². The molecule has 100 valence electrons. The van der Waals surface area contributed by atoms with E-state index in [0.717, 1.165) is 14.9 Å². The fourth-order valence-electron chi connectivity index (χ4n) is 1.41. The molecular weight excluding hydrogens is 401 g/mol. The molecular formula is C11H8INO4S2. The third kappa shape index (κ3) is 3.07. The lowest BCUT2D eigenvalue weighted by Crippen LogP contribution is -2.15. The van der Waals surface area contributed by atoms with Gasteiger partial charge in [0.1, 0.15) is 9.77 Å². The first-order chi connectivity index (χ1) is 8.92. The molecule has 1 aromatic carbocycles. The summed E-state index contributed by atoms with van der Waals surface area (Å²) in [5.74, 6) is -1.25. The lowest BCUT2D eigenvalue weighted by Gasteiger charge is -2.09. The van der Waals surface area contributed by atoms with Crippen molar-refractivity contribution in [1.82, 2.24) is 0 Å². The van der Waals surface area contributed by atoms with Gasteiger partial charge < -0.3 is 5.11 Å². The van der Waals surface area contributed by atoms with Gasteiger partial charge in [-0.05, 0) is 46.2 Å². The van der Waals surface area contributed by atoms with Crippen molar-refractivity contribution in [1.29, 1.82) is 0 Å². The van der Waals surface area contributed by atoms with Gasteiger partial charge in [0.25, 0.3) is 10.0 Å². The summed E-state index contributed by atoms with van der Waals surface area (Å²) in [5.41, 5.74) is 0.422. The van der Waals surface area contributed by atoms with Gasteiger partial charge in [-0.2, -0.15) is 0 Å². The van der Waals surface area contributed by atoms with E-state index in [1.807, 2.05) is 22.6 Å². The quantitative estimate of drug-likeness (QED) is 0.761. The topological polar surface area (TPSA) is 83.5 Å². The number of anilines is 1. The first-order valence-corrected chi connectivity index (χ1v) is 8.44. The van der Waals surface area contributed by atoms with Crippen LogP contribution in [0, 0.1) is 3.57 Å². The van der Waals surface area contributed by atoms with Crippen molar-refractivity contribution >= 4 is 55.6 Å². The number of benzene rings is 1. The van der Waals surface area contributed by atoms with Crippen LogP contribution in [0.5, 0.6) is 0 Å². The number of hydrogen-bond acceptors (Lipinski definition) is 4. The van der Waals surface area contributed by atoms with Crippen molar-refractivity contribution in [2.24, 2.45) is 0 Å². The van der Waals surface area contributed by atoms with Crippen LogP contribution in [0.3, 0.4) is 0 Å². The van der Waals surface area contributed by atoms with Crippen LogP contribution in [-0.2, 0) is 10.0 Å². The Morgan fingerprint density at radius 3 is 2.58 bits per heavy atom. The van der Waals surface area contributed by atoms with Crippen molar-refractivity contribution in [3.63, 3.8) is 0 Å². The number of carbonyl (C=O) groups is 1. The third-order valence-electron chi connectivity index (χ3n) is 2.23. The summed E-state index contributed by atoms with van der Waals surface area (Å²) in [7, 11) is -3.89. The second-order valence-electron chi connectivity index (χ2n) is 3.50. The van der Waals surface area contributed by atoms with Gasteiger partial charge in [-0.1, -0.05) is 12.1 Å². The number of thiophene rings is 1. The van der Waals surface area contributed by atoms with Gasteiger partial charge in [-0.3, -0.25) is 4.72 Å². The lowest BCUT2D eigenvalue weighted by atomic mass is 10.3. The van der Waals surface area contributed by atoms with Gasteiger partial charge in [-0.25, -0.2) is 13.2 Å². The van der Waals surface area contributed by atoms with Crippen LogP contribution in [0.4, 0.5) is 5.69 Å². The zero-order valence-corrected chi connectivity index (χ0v) is 13.1. The van der Waals surface area contributed by atoms with Crippen LogP contribution in [-0.4, -0.2) is 19.5 Å². The Bertz CT molecular complexity index is 724. The molecule has 1 aromatic heterocycles. The molecule has 5 nitrogen and oxygen atoms in total. The van der Waals surface area contributed by atoms with E-state index in [1.165, 1.54) is 11.4 Å². The standard InChI is InChI=1S/C11H8INO4S2/c12-7-3-1-2-4-8(7)13-19(16,17)9-5-6-18-10(9)11(14)15/h1-6,13H,(H,14,15). The molecule has 0 spiro atoms. The van der Waals surface area contributed by atoms with Crippen molar-refractivity contribution in [2.45, 2.75) is 4.90 Å².